The topological polar surface area (TPSA) is 85.8 Å². The van der Waals surface area contributed by atoms with Crippen molar-refractivity contribution in [2.24, 2.45) is 12.9 Å². The SMILES string of the molecule is Cn1cnnc1SCC(C(=O)NN)c1ccccc1. The molecule has 0 aliphatic heterocycles. The molecule has 0 aliphatic carbocycles. The highest BCUT2D eigenvalue weighted by Gasteiger charge is 2.20. The Labute approximate surface area is 115 Å². The first-order chi connectivity index (χ1) is 9.22. The van der Waals surface area contributed by atoms with Gasteiger partial charge in [-0.3, -0.25) is 10.2 Å². The summed E-state index contributed by atoms with van der Waals surface area (Å²) in [4.78, 5) is 11.9. The molecule has 0 saturated heterocycles. The van der Waals surface area contributed by atoms with Gasteiger partial charge < -0.3 is 4.57 Å². The Kier molecular flexibility index (Phi) is 4.53. The largest absolute Gasteiger partial charge is 0.312 e. The van der Waals surface area contributed by atoms with E-state index in [-0.39, 0.29) is 11.8 Å². The van der Waals surface area contributed by atoms with Gasteiger partial charge >= 0.3 is 0 Å². The number of hydrazine groups is 1. The lowest BCUT2D eigenvalue weighted by molar-refractivity contribution is -0.122. The summed E-state index contributed by atoms with van der Waals surface area (Å²) in [7, 11) is 1.86. The third-order valence-corrected chi connectivity index (χ3v) is 3.84. The van der Waals surface area contributed by atoms with Gasteiger partial charge in [-0.1, -0.05) is 42.1 Å². The molecule has 0 saturated carbocycles. The minimum Gasteiger partial charge on any atom is -0.312 e. The number of nitrogens with one attached hydrogen (secondary N) is 1. The number of benzene rings is 1. The molecule has 0 radical (unpaired) electrons. The molecule has 2 rings (SSSR count). The van der Waals surface area contributed by atoms with E-state index in [2.05, 4.69) is 15.6 Å². The summed E-state index contributed by atoms with van der Waals surface area (Å²) < 4.78 is 1.81. The zero-order valence-electron chi connectivity index (χ0n) is 10.5. The van der Waals surface area contributed by atoms with E-state index in [0.717, 1.165) is 10.7 Å². The van der Waals surface area contributed by atoms with E-state index in [1.807, 2.05) is 41.9 Å². The molecule has 0 fully saturated rings. The molecule has 1 aromatic carbocycles. The van der Waals surface area contributed by atoms with Crippen LogP contribution in [0.25, 0.3) is 0 Å². The Bertz CT molecular complexity index is 542. The van der Waals surface area contributed by atoms with Gasteiger partial charge in [-0.2, -0.15) is 0 Å². The number of hydrogen-bond donors (Lipinski definition) is 2. The number of aryl methyl sites for hydroxylation is 1. The van der Waals surface area contributed by atoms with Crippen molar-refractivity contribution in [3.05, 3.63) is 42.2 Å². The minimum atomic E-state index is -0.312. The number of carbonyl (C=O) groups excluding carboxylic acids is 1. The van der Waals surface area contributed by atoms with Crippen molar-refractivity contribution in [3.63, 3.8) is 0 Å². The lowest BCUT2D eigenvalue weighted by Gasteiger charge is -2.14. The Morgan fingerprint density at radius 1 is 1.47 bits per heavy atom. The number of hydrogen-bond acceptors (Lipinski definition) is 5. The van der Waals surface area contributed by atoms with E-state index < -0.39 is 0 Å². The molecule has 1 atom stereocenters. The van der Waals surface area contributed by atoms with Crippen molar-refractivity contribution >= 4 is 17.7 Å². The van der Waals surface area contributed by atoms with Crippen LogP contribution >= 0.6 is 11.8 Å². The van der Waals surface area contributed by atoms with Crippen LogP contribution < -0.4 is 11.3 Å². The number of nitrogens with two attached hydrogens (primary N) is 1. The van der Waals surface area contributed by atoms with E-state index in [1.54, 1.807) is 6.33 Å². The van der Waals surface area contributed by atoms with E-state index in [0.29, 0.717) is 5.75 Å². The monoisotopic (exact) mass is 277 g/mol. The van der Waals surface area contributed by atoms with Crippen LogP contribution in [0.2, 0.25) is 0 Å². The summed E-state index contributed by atoms with van der Waals surface area (Å²) in [6.45, 7) is 0. The first-order valence-corrected chi connectivity index (χ1v) is 6.73. The Morgan fingerprint density at radius 2 is 2.21 bits per heavy atom. The maximum absolute atomic E-state index is 11.9. The number of thioether (sulfide) groups is 1. The first kappa shape index (κ1) is 13.6. The Hall–Kier alpha value is -1.86. The zero-order chi connectivity index (χ0) is 13.7. The van der Waals surface area contributed by atoms with Crippen molar-refractivity contribution in [1.29, 1.82) is 0 Å². The smallest absolute Gasteiger partial charge is 0.242 e. The molecule has 0 bridgehead atoms. The molecule has 19 heavy (non-hydrogen) atoms. The van der Waals surface area contributed by atoms with Crippen LogP contribution in [-0.2, 0) is 11.8 Å². The van der Waals surface area contributed by atoms with Crippen molar-refractivity contribution < 1.29 is 4.79 Å². The molecule has 1 unspecified atom stereocenters. The van der Waals surface area contributed by atoms with Crippen LogP contribution in [0.4, 0.5) is 0 Å². The van der Waals surface area contributed by atoms with Crippen molar-refractivity contribution in [2.75, 3.05) is 5.75 Å². The number of amides is 1. The Morgan fingerprint density at radius 3 is 2.79 bits per heavy atom. The minimum absolute atomic E-state index is 0.208. The Balaban J connectivity index is 2.11. The molecule has 7 heteroatoms. The maximum atomic E-state index is 11.9. The van der Waals surface area contributed by atoms with Gasteiger partial charge in [0.15, 0.2) is 5.16 Å². The van der Waals surface area contributed by atoms with Crippen LogP contribution in [0.1, 0.15) is 11.5 Å². The molecule has 3 N–H and O–H groups in total. The standard InChI is InChI=1S/C12H15N5OS/c1-17-8-14-16-12(17)19-7-10(11(18)15-13)9-5-3-2-4-6-9/h2-6,8,10H,7,13H2,1H3,(H,15,18). The van der Waals surface area contributed by atoms with E-state index in [4.69, 9.17) is 5.84 Å². The van der Waals surface area contributed by atoms with Crippen LogP contribution in [0.15, 0.2) is 41.8 Å². The summed E-state index contributed by atoms with van der Waals surface area (Å²) in [5.74, 6) is 5.28. The maximum Gasteiger partial charge on any atom is 0.242 e. The van der Waals surface area contributed by atoms with Crippen molar-refractivity contribution in [1.82, 2.24) is 20.2 Å². The second-order valence-electron chi connectivity index (χ2n) is 4.01. The normalized spacial score (nSPS) is 12.1. The highest BCUT2D eigenvalue weighted by Crippen LogP contribution is 2.24. The van der Waals surface area contributed by atoms with Crippen LogP contribution in [0.3, 0.4) is 0 Å². The number of nitrogens with zero attached hydrogens (tertiary/aromatic N) is 3. The lowest BCUT2D eigenvalue weighted by atomic mass is 10.0. The molecular weight excluding hydrogens is 262 g/mol. The van der Waals surface area contributed by atoms with Crippen molar-refractivity contribution in [3.8, 4) is 0 Å². The zero-order valence-corrected chi connectivity index (χ0v) is 11.3. The van der Waals surface area contributed by atoms with Gasteiger partial charge in [0.05, 0.1) is 5.92 Å². The van der Waals surface area contributed by atoms with E-state index >= 15 is 0 Å². The third kappa shape index (κ3) is 3.33. The van der Waals surface area contributed by atoms with Gasteiger partial charge in [0.1, 0.15) is 6.33 Å². The molecule has 1 heterocycles. The number of rotatable bonds is 5. The summed E-state index contributed by atoms with van der Waals surface area (Å²) in [5.41, 5.74) is 3.14. The molecule has 0 aliphatic rings. The molecule has 6 nitrogen and oxygen atoms in total. The van der Waals surface area contributed by atoms with Gasteiger partial charge in [0.2, 0.25) is 5.91 Å². The quantitative estimate of drug-likeness (QED) is 0.363. The van der Waals surface area contributed by atoms with Gasteiger partial charge in [0.25, 0.3) is 0 Å². The highest BCUT2D eigenvalue weighted by molar-refractivity contribution is 7.99. The van der Waals surface area contributed by atoms with Crippen molar-refractivity contribution in [2.45, 2.75) is 11.1 Å². The molecule has 2 aromatic rings. The number of carbonyl (C=O) groups is 1. The van der Waals surface area contributed by atoms with Gasteiger partial charge in [-0.25, -0.2) is 5.84 Å². The highest BCUT2D eigenvalue weighted by atomic mass is 32.2. The molecular formula is C12H15N5OS. The molecule has 100 valence electrons. The fourth-order valence-corrected chi connectivity index (χ4v) is 2.69. The van der Waals surface area contributed by atoms with Crippen LogP contribution in [0, 0.1) is 0 Å². The predicted molar refractivity (Wildman–Crippen MR) is 73.2 cm³/mol. The second-order valence-corrected chi connectivity index (χ2v) is 4.99. The summed E-state index contributed by atoms with van der Waals surface area (Å²) in [6, 6.07) is 9.54. The average Bonchev–Trinajstić information content (AvgIpc) is 2.85. The van der Waals surface area contributed by atoms with Gasteiger partial charge in [0, 0.05) is 12.8 Å². The van der Waals surface area contributed by atoms with Gasteiger partial charge in [-0.05, 0) is 5.56 Å². The lowest BCUT2D eigenvalue weighted by Crippen LogP contribution is -2.35. The molecule has 0 spiro atoms. The van der Waals surface area contributed by atoms with Crippen LogP contribution in [-0.4, -0.2) is 26.4 Å². The average molecular weight is 277 g/mol. The molecule has 1 amide bonds. The van der Waals surface area contributed by atoms with Gasteiger partial charge in [-0.15, -0.1) is 10.2 Å². The predicted octanol–water partition coefficient (Wildman–Crippen LogP) is 0.681. The second kappa shape index (κ2) is 6.35. The van der Waals surface area contributed by atoms with E-state index in [9.17, 15) is 4.79 Å². The third-order valence-electron chi connectivity index (χ3n) is 2.71. The fraction of sp³-hybridized carbons (Fsp3) is 0.250. The number of aromatic nitrogens is 3. The van der Waals surface area contributed by atoms with E-state index in [1.165, 1.54) is 11.8 Å². The summed E-state index contributed by atoms with van der Waals surface area (Å²) in [6.07, 6.45) is 1.63. The summed E-state index contributed by atoms with van der Waals surface area (Å²) >= 11 is 1.47. The molecule has 1 aromatic heterocycles. The van der Waals surface area contributed by atoms with Crippen LogP contribution in [0.5, 0.6) is 0 Å². The first-order valence-electron chi connectivity index (χ1n) is 5.74. The fourth-order valence-electron chi connectivity index (χ4n) is 1.67. The summed E-state index contributed by atoms with van der Waals surface area (Å²) in [5, 5.41) is 8.55.